The highest BCUT2D eigenvalue weighted by Crippen LogP contribution is 2.35. The summed E-state index contributed by atoms with van der Waals surface area (Å²) in [5.74, 6) is 1.75. The number of hydrogen-bond donors (Lipinski definition) is 0. The van der Waals surface area contributed by atoms with E-state index in [9.17, 15) is 4.79 Å². The van der Waals surface area contributed by atoms with Gasteiger partial charge >= 0.3 is 0 Å². The standard InChI is InChI=1S/C21H24N2O2/c24-21(19-9-13-25-20-6-2-1-5-18(19)20)23-11-7-16(8-12-23)14-17-4-3-10-22-15-17/h1-6,10,15-16,19H,7-9,11-14H2. The predicted molar refractivity (Wildman–Crippen MR) is 96.5 cm³/mol. The number of carbonyl (C=O) groups is 1. The lowest BCUT2D eigenvalue weighted by atomic mass is 9.88. The van der Waals surface area contributed by atoms with Crippen LogP contribution in [0.25, 0.3) is 0 Å². The van der Waals surface area contributed by atoms with Crippen molar-refractivity contribution in [3.63, 3.8) is 0 Å². The molecule has 0 N–H and O–H groups in total. The quantitative estimate of drug-likeness (QED) is 0.862. The summed E-state index contributed by atoms with van der Waals surface area (Å²) >= 11 is 0. The van der Waals surface area contributed by atoms with Crippen molar-refractivity contribution in [1.82, 2.24) is 9.88 Å². The maximum Gasteiger partial charge on any atom is 0.230 e. The minimum atomic E-state index is -0.0418. The van der Waals surface area contributed by atoms with E-state index in [-0.39, 0.29) is 11.8 Å². The number of ether oxygens (including phenoxy) is 1. The molecule has 2 aromatic rings. The van der Waals surface area contributed by atoms with Gasteiger partial charge in [0.15, 0.2) is 0 Å². The molecule has 1 aromatic heterocycles. The molecule has 1 fully saturated rings. The average Bonchev–Trinajstić information content (AvgIpc) is 2.68. The van der Waals surface area contributed by atoms with Crippen LogP contribution in [-0.4, -0.2) is 35.5 Å². The second-order valence-electron chi connectivity index (χ2n) is 7.06. The minimum absolute atomic E-state index is 0.0418. The number of hydrogen-bond acceptors (Lipinski definition) is 3. The Balaban J connectivity index is 1.37. The van der Waals surface area contributed by atoms with E-state index >= 15 is 0 Å². The van der Waals surface area contributed by atoms with E-state index in [1.54, 1.807) is 0 Å². The summed E-state index contributed by atoms with van der Waals surface area (Å²) in [6.45, 7) is 2.36. The van der Waals surface area contributed by atoms with Gasteiger partial charge in [-0.2, -0.15) is 0 Å². The predicted octanol–water partition coefficient (Wildman–Crippen LogP) is 3.43. The lowest BCUT2D eigenvalue weighted by Crippen LogP contribution is -2.42. The van der Waals surface area contributed by atoms with Gasteiger partial charge in [-0.1, -0.05) is 24.3 Å². The fourth-order valence-corrected chi connectivity index (χ4v) is 4.03. The summed E-state index contributed by atoms with van der Waals surface area (Å²) in [5.41, 5.74) is 2.35. The maximum absolute atomic E-state index is 13.0. The smallest absolute Gasteiger partial charge is 0.230 e. The van der Waals surface area contributed by atoms with E-state index in [1.165, 1.54) is 5.56 Å². The van der Waals surface area contributed by atoms with Crippen LogP contribution in [0.2, 0.25) is 0 Å². The van der Waals surface area contributed by atoms with Crippen molar-refractivity contribution in [3.05, 3.63) is 59.9 Å². The molecule has 0 bridgehead atoms. The molecule has 2 aliphatic rings. The van der Waals surface area contributed by atoms with Crippen LogP contribution in [0, 0.1) is 5.92 Å². The van der Waals surface area contributed by atoms with Gasteiger partial charge in [0.25, 0.3) is 0 Å². The van der Waals surface area contributed by atoms with Crippen molar-refractivity contribution < 1.29 is 9.53 Å². The van der Waals surface area contributed by atoms with Crippen LogP contribution in [0.5, 0.6) is 5.75 Å². The first kappa shape index (κ1) is 16.1. The molecule has 0 aliphatic carbocycles. The molecule has 0 saturated carbocycles. The van der Waals surface area contributed by atoms with Gasteiger partial charge < -0.3 is 9.64 Å². The maximum atomic E-state index is 13.0. The number of nitrogens with zero attached hydrogens (tertiary/aromatic N) is 2. The Morgan fingerprint density at radius 1 is 1.12 bits per heavy atom. The van der Waals surface area contributed by atoms with Crippen molar-refractivity contribution >= 4 is 5.91 Å². The van der Waals surface area contributed by atoms with Gasteiger partial charge in [-0.3, -0.25) is 9.78 Å². The van der Waals surface area contributed by atoms with Gasteiger partial charge in [0.1, 0.15) is 5.75 Å². The Labute approximate surface area is 148 Å². The zero-order valence-electron chi connectivity index (χ0n) is 14.4. The number of piperidine rings is 1. The highest BCUT2D eigenvalue weighted by atomic mass is 16.5. The third-order valence-electron chi connectivity index (χ3n) is 5.43. The molecule has 1 amide bonds. The molecule has 130 valence electrons. The first-order valence-electron chi connectivity index (χ1n) is 9.20. The van der Waals surface area contributed by atoms with Crippen LogP contribution >= 0.6 is 0 Å². The van der Waals surface area contributed by atoms with E-state index < -0.39 is 0 Å². The molecule has 0 radical (unpaired) electrons. The topological polar surface area (TPSA) is 42.4 Å². The molecule has 4 nitrogen and oxygen atoms in total. The van der Waals surface area contributed by atoms with Crippen molar-refractivity contribution in [2.75, 3.05) is 19.7 Å². The number of fused-ring (bicyclic) bond motifs is 1. The van der Waals surface area contributed by atoms with E-state index in [0.717, 1.165) is 50.1 Å². The lowest BCUT2D eigenvalue weighted by molar-refractivity contribution is -0.134. The Morgan fingerprint density at radius 3 is 2.76 bits per heavy atom. The minimum Gasteiger partial charge on any atom is -0.493 e. The molecule has 2 aliphatic heterocycles. The first-order valence-corrected chi connectivity index (χ1v) is 9.20. The van der Waals surface area contributed by atoms with Crippen LogP contribution in [0.4, 0.5) is 0 Å². The summed E-state index contributed by atoms with van der Waals surface area (Å²) in [6.07, 6.45) is 7.77. The van der Waals surface area contributed by atoms with Gasteiger partial charge in [0.05, 0.1) is 12.5 Å². The monoisotopic (exact) mass is 336 g/mol. The van der Waals surface area contributed by atoms with E-state index in [0.29, 0.717) is 12.5 Å². The number of rotatable bonds is 3. The molecule has 4 rings (SSSR count). The third-order valence-corrected chi connectivity index (χ3v) is 5.43. The molecule has 3 heterocycles. The largest absolute Gasteiger partial charge is 0.493 e. The summed E-state index contributed by atoms with van der Waals surface area (Å²) in [7, 11) is 0. The highest BCUT2D eigenvalue weighted by molar-refractivity contribution is 5.85. The van der Waals surface area contributed by atoms with Crippen molar-refractivity contribution in [2.24, 2.45) is 5.92 Å². The third kappa shape index (κ3) is 3.53. The number of aromatic nitrogens is 1. The van der Waals surface area contributed by atoms with Crippen LogP contribution in [0.15, 0.2) is 48.8 Å². The van der Waals surface area contributed by atoms with E-state index in [4.69, 9.17) is 4.74 Å². The van der Waals surface area contributed by atoms with E-state index in [1.807, 2.05) is 42.7 Å². The average molecular weight is 336 g/mol. The molecule has 4 heteroatoms. The number of amides is 1. The summed E-state index contributed by atoms with van der Waals surface area (Å²) < 4.78 is 5.70. The second kappa shape index (κ2) is 7.26. The van der Waals surface area contributed by atoms with Crippen molar-refractivity contribution in [1.29, 1.82) is 0 Å². The SMILES string of the molecule is O=C(C1CCOc2ccccc21)N1CCC(Cc2cccnc2)CC1. The molecule has 1 saturated heterocycles. The molecule has 1 unspecified atom stereocenters. The fourth-order valence-electron chi connectivity index (χ4n) is 4.03. The summed E-state index contributed by atoms with van der Waals surface area (Å²) in [4.78, 5) is 19.3. The normalized spacial score (nSPS) is 20.6. The Morgan fingerprint density at radius 2 is 1.96 bits per heavy atom. The molecule has 1 aromatic carbocycles. The number of pyridine rings is 1. The molecule has 25 heavy (non-hydrogen) atoms. The van der Waals surface area contributed by atoms with Gasteiger partial charge in [-0.25, -0.2) is 0 Å². The molecule has 1 atom stereocenters. The second-order valence-corrected chi connectivity index (χ2v) is 7.06. The zero-order valence-corrected chi connectivity index (χ0v) is 14.4. The van der Waals surface area contributed by atoms with Crippen LogP contribution in [0.3, 0.4) is 0 Å². The Hall–Kier alpha value is -2.36. The van der Waals surface area contributed by atoms with Crippen LogP contribution in [0.1, 0.15) is 36.3 Å². The van der Waals surface area contributed by atoms with Crippen LogP contribution < -0.4 is 4.74 Å². The van der Waals surface area contributed by atoms with Gasteiger partial charge in [-0.15, -0.1) is 0 Å². The molecular formula is C21H24N2O2. The van der Waals surface area contributed by atoms with Crippen LogP contribution in [-0.2, 0) is 11.2 Å². The van der Waals surface area contributed by atoms with E-state index in [2.05, 4.69) is 16.0 Å². The first-order chi connectivity index (χ1) is 12.3. The highest BCUT2D eigenvalue weighted by Gasteiger charge is 2.32. The number of para-hydroxylation sites is 1. The number of benzene rings is 1. The number of likely N-dealkylation sites (tertiary alicyclic amines) is 1. The fraction of sp³-hybridized carbons (Fsp3) is 0.429. The van der Waals surface area contributed by atoms with Gasteiger partial charge in [0, 0.05) is 31.0 Å². The van der Waals surface area contributed by atoms with Gasteiger partial charge in [-0.05, 0) is 49.3 Å². The van der Waals surface area contributed by atoms with Crippen molar-refractivity contribution in [3.8, 4) is 5.75 Å². The zero-order chi connectivity index (χ0) is 17.1. The summed E-state index contributed by atoms with van der Waals surface area (Å²) in [5, 5.41) is 0. The van der Waals surface area contributed by atoms with Crippen molar-refractivity contribution in [2.45, 2.75) is 31.6 Å². The van der Waals surface area contributed by atoms with Gasteiger partial charge in [0.2, 0.25) is 5.91 Å². The molecule has 0 spiro atoms. The Bertz CT molecular complexity index is 724. The number of carbonyl (C=O) groups excluding carboxylic acids is 1. The molecular weight excluding hydrogens is 312 g/mol. The lowest BCUT2D eigenvalue weighted by Gasteiger charge is -2.35. The Kier molecular flexibility index (Phi) is 4.68. The summed E-state index contributed by atoms with van der Waals surface area (Å²) in [6, 6.07) is 12.1.